The van der Waals surface area contributed by atoms with Crippen molar-refractivity contribution in [1.29, 1.82) is 0 Å². The summed E-state index contributed by atoms with van der Waals surface area (Å²) in [5.41, 5.74) is 19.2. The van der Waals surface area contributed by atoms with Gasteiger partial charge in [-0.15, -0.1) is 0 Å². The quantitative estimate of drug-likeness (QED) is 0.235. The van der Waals surface area contributed by atoms with E-state index in [1.54, 1.807) is 16.7 Å². The lowest BCUT2D eigenvalue weighted by Crippen LogP contribution is -2.22. The third-order valence-electron chi connectivity index (χ3n) is 10.8. The Hall–Kier alpha value is -3.64. The molecule has 4 aliphatic rings. The Labute approximate surface area is 239 Å². The average Bonchev–Trinajstić information content (AvgIpc) is 3.14. The molecule has 0 heterocycles. The van der Waals surface area contributed by atoms with Gasteiger partial charge in [-0.25, -0.2) is 0 Å². The van der Waals surface area contributed by atoms with Crippen molar-refractivity contribution in [2.24, 2.45) is 5.92 Å². The second-order valence-electron chi connectivity index (χ2n) is 13.6. The molecule has 40 heavy (non-hydrogen) atoms. The number of hydrogen-bond donors (Lipinski definition) is 0. The molecular formula is C40H38. The van der Waals surface area contributed by atoms with Crippen molar-refractivity contribution in [3.8, 4) is 33.4 Å². The van der Waals surface area contributed by atoms with Crippen molar-refractivity contribution in [3.05, 3.63) is 130 Å². The van der Waals surface area contributed by atoms with Gasteiger partial charge in [-0.2, -0.15) is 0 Å². The number of fused-ring (bicyclic) bond motifs is 7. The van der Waals surface area contributed by atoms with E-state index < -0.39 is 0 Å². The van der Waals surface area contributed by atoms with E-state index in [0.29, 0.717) is 5.92 Å². The van der Waals surface area contributed by atoms with Crippen molar-refractivity contribution in [1.82, 2.24) is 0 Å². The fourth-order valence-electron chi connectivity index (χ4n) is 8.59. The number of benzene rings is 4. The lowest BCUT2D eigenvalue weighted by Gasteiger charge is -2.32. The van der Waals surface area contributed by atoms with Crippen LogP contribution in [-0.4, -0.2) is 0 Å². The van der Waals surface area contributed by atoms with Gasteiger partial charge in [0, 0.05) is 10.8 Å². The molecule has 0 spiro atoms. The van der Waals surface area contributed by atoms with Crippen LogP contribution in [0.1, 0.15) is 74.8 Å². The predicted octanol–water partition coefficient (Wildman–Crippen LogP) is 10.4. The van der Waals surface area contributed by atoms with Gasteiger partial charge in [0.2, 0.25) is 0 Å². The Balaban J connectivity index is 1.28. The zero-order chi connectivity index (χ0) is 27.2. The van der Waals surface area contributed by atoms with E-state index in [9.17, 15) is 0 Å². The molecule has 8 rings (SSSR count). The highest BCUT2D eigenvalue weighted by Crippen LogP contribution is 2.51. The van der Waals surface area contributed by atoms with Crippen LogP contribution in [0.2, 0.25) is 0 Å². The molecule has 0 heteroatoms. The smallest absolute Gasteiger partial charge is 0.0159 e. The second kappa shape index (κ2) is 8.43. The molecular weight excluding hydrogens is 480 g/mol. The SMILES string of the molecule is CC1(C)C2=C(CCC=C2)C2CCc3ccc(-c4ccc5c(c4)C(C)(C)c4ccccc4-5)cc3-c3cccc1c3C2. The number of hydrogen-bond acceptors (Lipinski definition) is 0. The van der Waals surface area contributed by atoms with Crippen LogP contribution in [0.15, 0.2) is 102 Å². The Bertz CT molecular complexity index is 1770. The van der Waals surface area contributed by atoms with Gasteiger partial charge < -0.3 is 0 Å². The van der Waals surface area contributed by atoms with Crippen molar-refractivity contribution in [2.75, 3.05) is 0 Å². The molecule has 0 saturated carbocycles. The number of aryl methyl sites for hydroxylation is 1. The monoisotopic (exact) mass is 518 g/mol. The first kappa shape index (κ1) is 24.2. The highest BCUT2D eigenvalue weighted by molar-refractivity contribution is 5.85. The average molecular weight is 519 g/mol. The topological polar surface area (TPSA) is 0 Å². The largest absolute Gasteiger partial charge is 0.0839 e. The normalized spacial score (nSPS) is 20.9. The Kier molecular flexibility index (Phi) is 5.10. The van der Waals surface area contributed by atoms with Gasteiger partial charge in [0.1, 0.15) is 0 Å². The van der Waals surface area contributed by atoms with E-state index in [1.807, 2.05) is 0 Å². The third-order valence-corrected chi connectivity index (χ3v) is 10.8. The first-order valence-electron chi connectivity index (χ1n) is 15.2. The lowest BCUT2D eigenvalue weighted by atomic mass is 9.72. The maximum atomic E-state index is 2.51. The van der Waals surface area contributed by atoms with Gasteiger partial charge in [0.25, 0.3) is 0 Å². The first-order valence-corrected chi connectivity index (χ1v) is 15.2. The molecule has 0 aliphatic heterocycles. The Morgan fingerprint density at radius 2 is 1.38 bits per heavy atom. The van der Waals surface area contributed by atoms with E-state index >= 15 is 0 Å². The van der Waals surface area contributed by atoms with Gasteiger partial charge in [-0.05, 0) is 117 Å². The van der Waals surface area contributed by atoms with Gasteiger partial charge in [0.15, 0.2) is 0 Å². The summed E-state index contributed by atoms with van der Waals surface area (Å²) in [6.07, 6.45) is 10.9. The van der Waals surface area contributed by atoms with Crippen LogP contribution in [0.25, 0.3) is 33.4 Å². The van der Waals surface area contributed by atoms with E-state index in [-0.39, 0.29) is 10.8 Å². The summed E-state index contributed by atoms with van der Waals surface area (Å²) < 4.78 is 0. The van der Waals surface area contributed by atoms with E-state index in [1.165, 1.54) is 81.3 Å². The molecule has 0 radical (unpaired) electrons. The van der Waals surface area contributed by atoms with Crippen LogP contribution in [0, 0.1) is 5.92 Å². The van der Waals surface area contributed by atoms with Crippen molar-refractivity contribution >= 4 is 0 Å². The molecule has 0 N–H and O–H groups in total. The van der Waals surface area contributed by atoms with Crippen molar-refractivity contribution in [2.45, 2.75) is 70.6 Å². The summed E-state index contributed by atoms with van der Waals surface area (Å²) in [6.45, 7) is 9.68. The molecule has 1 atom stereocenters. The zero-order valence-corrected chi connectivity index (χ0v) is 24.3. The molecule has 1 unspecified atom stereocenters. The van der Waals surface area contributed by atoms with Crippen molar-refractivity contribution < 1.29 is 0 Å². The van der Waals surface area contributed by atoms with Gasteiger partial charge in [-0.1, -0.05) is 112 Å². The van der Waals surface area contributed by atoms with Crippen LogP contribution >= 0.6 is 0 Å². The molecule has 4 aromatic rings. The van der Waals surface area contributed by atoms with Crippen molar-refractivity contribution in [3.63, 3.8) is 0 Å². The zero-order valence-electron chi connectivity index (χ0n) is 24.3. The van der Waals surface area contributed by atoms with E-state index in [4.69, 9.17) is 0 Å². The van der Waals surface area contributed by atoms with Crippen LogP contribution < -0.4 is 0 Å². The van der Waals surface area contributed by atoms with E-state index in [2.05, 4.69) is 119 Å². The van der Waals surface area contributed by atoms with Crippen LogP contribution in [-0.2, 0) is 23.7 Å². The highest BCUT2D eigenvalue weighted by atomic mass is 14.4. The third kappa shape index (κ3) is 3.32. The molecule has 0 fully saturated rings. The minimum Gasteiger partial charge on any atom is -0.0839 e. The van der Waals surface area contributed by atoms with Crippen LogP contribution in [0.4, 0.5) is 0 Å². The molecule has 0 amide bonds. The summed E-state index contributed by atoms with van der Waals surface area (Å²) in [5, 5.41) is 0. The molecule has 198 valence electrons. The number of rotatable bonds is 1. The summed E-state index contributed by atoms with van der Waals surface area (Å²) in [7, 11) is 0. The van der Waals surface area contributed by atoms with Crippen LogP contribution in [0.3, 0.4) is 0 Å². The fourth-order valence-corrected chi connectivity index (χ4v) is 8.59. The van der Waals surface area contributed by atoms with Crippen LogP contribution in [0.5, 0.6) is 0 Å². The van der Waals surface area contributed by atoms with E-state index in [0.717, 1.165) is 6.42 Å². The molecule has 0 nitrogen and oxygen atoms in total. The minimum atomic E-state index is 0.0173. The lowest BCUT2D eigenvalue weighted by molar-refractivity contribution is 0.528. The van der Waals surface area contributed by atoms with Gasteiger partial charge >= 0.3 is 0 Å². The Morgan fingerprint density at radius 1 is 0.625 bits per heavy atom. The minimum absolute atomic E-state index is 0.0173. The fraction of sp³-hybridized carbons (Fsp3) is 0.300. The summed E-state index contributed by atoms with van der Waals surface area (Å²) in [4.78, 5) is 0. The Morgan fingerprint density at radius 3 is 2.27 bits per heavy atom. The van der Waals surface area contributed by atoms with Gasteiger partial charge in [-0.3, -0.25) is 0 Å². The van der Waals surface area contributed by atoms with Gasteiger partial charge in [0.05, 0.1) is 0 Å². The standard InChI is InChI=1S/C40H38/c1-39(2)35-13-7-5-10-29(35)28-19-17-25-16-18-26(22-33(25)30-12-9-15-37(39)34(30)23-28)27-20-21-32-31-11-6-8-14-36(31)40(3,4)38(32)24-27/h6-9,11-16,18,20-22,24,28H,5,10,17,19,23H2,1-4H3. The maximum absolute atomic E-state index is 2.51. The highest BCUT2D eigenvalue weighted by Gasteiger charge is 2.38. The molecule has 4 aromatic carbocycles. The summed E-state index contributed by atoms with van der Waals surface area (Å²) >= 11 is 0. The molecule has 0 aromatic heterocycles. The summed E-state index contributed by atoms with van der Waals surface area (Å²) in [6, 6.07) is 30.6. The first-order chi connectivity index (χ1) is 19.3. The molecule has 2 bridgehead atoms. The second-order valence-corrected chi connectivity index (χ2v) is 13.6. The molecule has 4 aliphatic carbocycles. The maximum Gasteiger partial charge on any atom is 0.0159 e. The number of allylic oxidation sites excluding steroid dienone is 4. The molecule has 0 saturated heterocycles. The predicted molar refractivity (Wildman–Crippen MR) is 169 cm³/mol. The summed E-state index contributed by atoms with van der Waals surface area (Å²) in [5.74, 6) is 0.648.